The van der Waals surface area contributed by atoms with Crippen LogP contribution in [0.1, 0.15) is 10.4 Å². The van der Waals surface area contributed by atoms with E-state index in [2.05, 4.69) is 0 Å². The van der Waals surface area contributed by atoms with Gasteiger partial charge in [0.1, 0.15) is 0 Å². The smallest absolute Gasteiger partial charge is 0.249 e. The van der Waals surface area contributed by atoms with E-state index < -0.39 is 5.91 Å². The highest BCUT2D eigenvalue weighted by Crippen LogP contribution is 2.33. The molecule has 0 bridgehead atoms. The van der Waals surface area contributed by atoms with Crippen LogP contribution >= 0.6 is 23.2 Å². The normalized spacial score (nSPS) is 10.2. The molecule has 0 fully saturated rings. The minimum Gasteiger partial charge on any atom is -0.366 e. The lowest BCUT2D eigenvalue weighted by molar-refractivity contribution is 0.100. The number of primary amides is 1. The van der Waals surface area contributed by atoms with Crippen LogP contribution in [0.15, 0.2) is 42.5 Å². The molecule has 4 heteroatoms. The first-order valence-corrected chi connectivity index (χ1v) is 5.69. The summed E-state index contributed by atoms with van der Waals surface area (Å²) in [7, 11) is 0. The molecule has 0 aliphatic carbocycles. The molecule has 0 radical (unpaired) electrons. The zero-order valence-corrected chi connectivity index (χ0v) is 10.3. The third-order valence-electron chi connectivity index (χ3n) is 2.38. The number of amides is 1. The maximum absolute atomic E-state index is 11.4. The molecule has 0 aromatic heterocycles. The van der Waals surface area contributed by atoms with Crippen LogP contribution in [-0.4, -0.2) is 5.91 Å². The van der Waals surface area contributed by atoms with E-state index in [0.29, 0.717) is 21.2 Å². The molecule has 2 rings (SSSR count). The number of nitrogens with two attached hydrogens (primary N) is 1. The van der Waals surface area contributed by atoms with Crippen LogP contribution in [0.2, 0.25) is 10.0 Å². The Morgan fingerprint density at radius 2 is 1.71 bits per heavy atom. The van der Waals surface area contributed by atoms with Crippen LogP contribution in [0.4, 0.5) is 0 Å². The van der Waals surface area contributed by atoms with E-state index in [0.717, 1.165) is 5.56 Å². The van der Waals surface area contributed by atoms with E-state index in [1.54, 1.807) is 6.07 Å². The number of benzene rings is 2. The second-order valence-electron chi connectivity index (χ2n) is 3.54. The van der Waals surface area contributed by atoms with Gasteiger partial charge in [0.05, 0.1) is 5.02 Å². The Hall–Kier alpha value is -1.51. The lowest BCUT2D eigenvalue weighted by Gasteiger charge is -2.10. The molecule has 0 saturated heterocycles. The van der Waals surface area contributed by atoms with E-state index in [-0.39, 0.29) is 0 Å². The van der Waals surface area contributed by atoms with Gasteiger partial charge in [-0.05, 0) is 17.7 Å². The molecule has 0 aliphatic rings. The maximum atomic E-state index is 11.4. The van der Waals surface area contributed by atoms with Crippen molar-refractivity contribution in [2.75, 3.05) is 0 Å². The van der Waals surface area contributed by atoms with E-state index in [1.165, 1.54) is 6.07 Å². The fraction of sp³-hybridized carbons (Fsp3) is 0. The van der Waals surface area contributed by atoms with E-state index >= 15 is 0 Å². The average molecular weight is 266 g/mol. The van der Waals surface area contributed by atoms with Gasteiger partial charge in [0, 0.05) is 16.1 Å². The number of carbonyl (C=O) groups is 1. The Morgan fingerprint density at radius 3 is 2.29 bits per heavy atom. The fourth-order valence-electron chi connectivity index (χ4n) is 1.67. The van der Waals surface area contributed by atoms with Crippen molar-refractivity contribution in [1.82, 2.24) is 0 Å². The minimum absolute atomic E-state index is 0.328. The van der Waals surface area contributed by atoms with Crippen molar-refractivity contribution in [2.45, 2.75) is 0 Å². The van der Waals surface area contributed by atoms with Gasteiger partial charge in [-0.25, -0.2) is 0 Å². The van der Waals surface area contributed by atoms with Gasteiger partial charge in [0.25, 0.3) is 0 Å². The number of rotatable bonds is 2. The number of hydrogen-bond donors (Lipinski definition) is 1. The van der Waals surface area contributed by atoms with Gasteiger partial charge in [-0.3, -0.25) is 4.79 Å². The molecule has 86 valence electrons. The van der Waals surface area contributed by atoms with Gasteiger partial charge >= 0.3 is 0 Å². The predicted octanol–water partition coefficient (Wildman–Crippen LogP) is 3.76. The Labute approximate surface area is 109 Å². The first-order chi connectivity index (χ1) is 8.09. The molecule has 0 atom stereocenters. The van der Waals surface area contributed by atoms with Crippen LogP contribution in [0.25, 0.3) is 11.1 Å². The summed E-state index contributed by atoms with van der Waals surface area (Å²) in [4.78, 5) is 11.4. The highest BCUT2D eigenvalue weighted by molar-refractivity contribution is 6.37. The van der Waals surface area contributed by atoms with Gasteiger partial charge in [0.2, 0.25) is 5.91 Å². The second kappa shape index (κ2) is 4.78. The molecule has 2 aromatic rings. The van der Waals surface area contributed by atoms with Crippen molar-refractivity contribution >= 4 is 29.1 Å². The van der Waals surface area contributed by atoms with Crippen molar-refractivity contribution in [1.29, 1.82) is 0 Å². The monoisotopic (exact) mass is 265 g/mol. The maximum Gasteiger partial charge on any atom is 0.249 e. The van der Waals surface area contributed by atoms with Crippen LogP contribution in [0, 0.1) is 0 Å². The van der Waals surface area contributed by atoms with Gasteiger partial charge in [-0.1, -0.05) is 53.5 Å². The summed E-state index contributed by atoms with van der Waals surface area (Å²) in [5.41, 5.74) is 7.11. The quantitative estimate of drug-likeness (QED) is 0.883. The average Bonchev–Trinajstić information content (AvgIpc) is 2.29. The van der Waals surface area contributed by atoms with Gasteiger partial charge < -0.3 is 5.73 Å². The van der Waals surface area contributed by atoms with Gasteiger partial charge in [-0.2, -0.15) is 0 Å². The van der Waals surface area contributed by atoms with Crippen molar-refractivity contribution in [3.05, 3.63) is 58.1 Å². The lowest BCUT2D eigenvalue weighted by Crippen LogP contribution is -2.12. The summed E-state index contributed by atoms with van der Waals surface area (Å²) in [6.45, 7) is 0. The summed E-state index contributed by atoms with van der Waals surface area (Å²) >= 11 is 12.0. The van der Waals surface area contributed by atoms with E-state index in [9.17, 15) is 4.79 Å². The largest absolute Gasteiger partial charge is 0.366 e. The molecule has 0 heterocycles. The third kappa shape index (κ3) is 2.43. The fourth-order valence-corrected chi connectivity index (χ4v) is 2.27. The van der Waals surface area contributed by atoms with E-state index in [4.69, 9.17) is 28.9 Å². The standard InChI is InChI=1S/C13H9Cl2NO/c14-9-6-10(13(16)17)12(11(15)7-9)8-4-2-1-3-5-8/h1-7H,(H2,16,17). The molecular formula is C13H9Cl2NO. The zero-order chi connectivity index (χ0) is 12.4. The highest BCUT2D eigenvalue weighted by atomic mass is 35.5. The van der Waals surface area contributed by atoms with Crippen molar-refractivity contribution in [2.24, 2.45) is 5.73 Å². The molecule has 1 amide bonds. The van der Waals surface area contributed by atoms with Crippen LogP contribution < -0.4 is 5.73 Å². The highest BCUT2D eigenvalue weighted by Gasteiger charge is 2.14. The summed E-state index contributed by atoms with van der Waals surface area (Å²) < 4.78 is 0. The summed E-state index contributed by atoms with van der Waals surface area (Å²) in [6, 6.07) is 12.5. The third-order valence-corrected chi connectivity index (χ3v) is 2.90. The molecule has 2 aromatic carbocycles. The molecular weight excluding hydrogens is 257 g/mol. The number of carbonyl (C=O) groups excluding carboxylic acids is 1. The minimum atomic E-state index is -0.548. The Balaban J connectivity index is 2.72. The van der Waals surface area contributed by atoms with Crippen LogP contribution in [-0.2, 0) is 0 Å². The van der Waals surface area contributed by atoms with Gasteiger partial charge in [-0.15, -0.1) is 0 Å². The van der Waals surface area contributed by atoms with Gasteiger partial charge in [0.15, 0.2) is 0 Å². The predicted molar refractivity (Wildman–Crippen MR) is 70.4 cm³/mol. The SMILES string of the molecule is NC(=O)c1cc(Cl)cc(Cl)c1-c1ccccc1. The summed E-state index contributed by atoms with van der Waals surface area (Å²) in [5, 5.41) is 0.806. The first-order valence-electron chi connectivity index (χ1n) is 4.94. The van der Waals surface area contributed by atoms with Crippen LogP contribution in [0.3, 0.4) is 0 Å². The topological polar surface area (TPSA) is 43.1 Å². The molecule has 2 nitrogen and oxygen atoms in total. The molecule has 0 saturated carbocycles. The molecule has 2 N–H and O–H groups in total. The lowest BCUT2D eigenvalue weighted by atomic mass is 9.99. The second-order valence-corrected chi connectivity index (χ2v) is 4.38. The number of halogens is 2. The molecule has 17 heavy (non-hydrogen) atoms. The van der Waals surface area contributed by atoms with Crippen LogP contribution in [0.5, 0.6) is 0 Å². The summed E-state index contributed by atoms with van der Waals surface area (Å²) in [6.07, 6.45) is 0. The van der Waals surface area contributed by atoms with E-state index in [1.807, 2.05) is 30.3 Å². The number of hydrogen-bond acceptors (Lipinski definition) is 1. The Kier molecular flexibility index (Phi) is 3.36. The Bertz CT molecular complexity index is 567. The molecule has 0 spiro atoms. The zero-order valence-electron chi connectivity index (χ0n) is 8.78. The molecule has 0 aliphatic heterocycles. The van der Waals surface area contributed by atoms with Crippen molar-refractivity contribution in [3.8, 4) is 11.1 Å². The molecule has 0 unspecified atom stereocenters. The van der Waals surface area contributed by atoms with Crippen molar-refractivity contribution in [3.63, 3.8) is 0 Å². The Morgan fingerprint density at radius 1 is 1.06 bits per heavy atom. The summed E-state index contributed by atoms with van der Waals surface area (Å²) in [5.74, 6) is -0.548. The first kappa shape index (κ1) is 12.0. The van der Waals surface area contributed by atoms with Crippen molar-refractivity contribution < 1.29 is 4.79 Å².